The third-order valence-corrected chi connectivity index (χ3v) is 3.80. The monoisotopic (exact) mass is 307 g/mol. The number of carbonyl (C=O) groups excluding carboxylic acids is 1. The van der Waals surface area contributed by atoms with Gasteiger partial charge in [-0.1, -0.05) is 18.2 Å². The van der Waals surface area contributed by atoms with Crippen LogP contribution in [0.4, 0.5) is 0 Å². The summed E-state index contributed by atoms with van der Waals surface area (Å²) in [6, 6.07) is 7.44. The van der Waals surface area contributed by atoms with Crippen molar-refractivity contribution in [1.29, 1.82) is 0 Å². The summed E-state index contributed by atoms with van der Waals surface area (Å²) >= 11 is 0. The van der Waals surface area contributed by atoms with Gasteiger partial charge >= 0.3 is 5.97 Å². The molecule has 1 aromatic carbocycles. The number of para-hydroxylation sites is 1. The van der Waals surface area contributed by atoms with Gasteiger partial charge in [0.1, 0.15) is 11.9 Å². The number of aliphatic carboxylic acids is 1. The second kappa shape index (κ2) is 6.36. The predicted molar refractivity (Wildman–Crippen MR) is 79.7 cm³/mol. The van der Waals surface area contributed by atoms with E-state index in [9.17, 15) is 9.59 Å². The van der Waals surface area contributed by atoms with Crippen LogP contribution in [0.2, 0.25) is 0 Å². The largest absolute Gasteiger partial charge is 0.496 e. The average Bonchev–Trinajstić information content (AvgIpc) is 2.97. The summed E-state index contributed by atoms with van der Waals surface area (Å²) in [6.45, 7) is 3.73. The van der Waals surface area contributed by atoms with E-state index in [1.165, 1.54) is 0 Å². The summed E-state index contributed by atoms with van der Waals surface area (Å²) in [7, 11) is 1.58. The van der Waals surface area contributed by atoms with Gasteiger partial charge < -0.3 is 19.9 Å². The Balaban J connectivity index is 2.08. The summed E-state index contributed by atoms with van der Waals surface area (Å²) in [5.74, 6) is -0.650. The summed E-state index contributed by atoms with van der Waals surface area (Å²) < 4.78 is 10.6. The van der Waals surface area contributed by atoms with Crippen molar-refractivity contribution in [2.75, 3.05) is 7.11 Å². The molecule has 1 aliphatic rings. The molecule has 0 aliphatic carbocycles. The van der Waals surface area contributed by atoms with Crippen molar-refractivity contribution in [2.24, 2.45) is 0 Å². The van der Waals surface area contributed by atoms with Crippen LogP contribution >= 0.6 is 0 Å². The number of ether oxygens (including phenoxy) is 2. The number of benzene rings is 1. The van der Waals surface area contributed by atoms with Gasteiger partial charge in [-0.3, -0.25) is 4.79 Å². The van der Waals surface area contributed by atoms with Gasteiger partial charge in [-0.2, -0.15) is 0 Å². The molecule has 0 aromatic heterocycles. The lowest BCUT2D eigenvalue weighted by atomic mass is 9.93. The van der Waals surface area contributed by atoms with Gasteiger partial charge in [0.15, 0.2) is 6.10 Å². The van der Waals surface area contributed by atoms with Gasteiger partial charge in [0.2, 0.25) is 5.91 Å². The molecule has 22 heavy (non-hydrogen) atoms. The van der Waals surface area contributed by atoms with E-state index in [0.29, 0.717) is 18.6 Å². The van der Waals surface area contributed by atoms with Crippen LogP contribution in [0.3, 0.4) is 0 Å². The maximum atomic E-state index is 12.3. The van der Waals surface area contributed by atoms with Crippen LogP contribution in [-0.4, -0.2) is 36.3 Å². The molecule has 6 heteroatoms. The molecule has 1 aromatic rings. The maximum absolute atomic E-state index is 12.3. The highest BCUT2D eigenvalue weighted by molar-refractivity contribution is 5.83. The fourth-order valence-corrected chi connectivity index (χ4v) is 2.63. The fourth-order valence-electron chi connectivity index (χ4n) is 2.63. The minimum absolute atomic E-state index is 0.306. The quantitative estimate of drug-likeness (QED) is 0.864. The first-order chi connectivity index (χ1) is 10.3. The van der Waals surface area contributed by atoms with Gasteiger partial charge in [0.25, 0.3) is 0 Å². The predicted octanol–water partition coefficient (Wildman–Crippen LogP) is 1.68. The van der Waals surface area contributed by atoms with Crippen molar-refractivity contribution in [3.63, 3.8) is 0 Å². The van der Waals surface area contributed by atoms with E-state index < -0.39 is 23.7 Å². The zero-order valence-corrected chi connectivity index (χ0v) is 13.0. The number of amides is 1. The van der Waals surface area contributed by atoms with Crippen LogP contribution in [-0.2, 0) is 19.9 Å². The molecule has 2 rings (SSSR count). The van der Waals surface area contributed by atoms with E-state index >= 15 is 0 Å². The molecule has 1 amide bonds. The minimum Gasteiger partial charge on any atom is -0.496 e. The number of hydrogen-bond donors (Lipinski definition) is 2. The second-order valence-electron chi connectivity index (χ2n) is 5.84. The van der Waals surface area contributed by atoms with Gasteiger partial charge in [-0.05, 0) is 32.8 Å². The first-order valence-electron chi connectivity index (χ1n) is 7.19. The van der Waals surface area contributed by atoms with Crippen molar-refractivity contribution in [1.82, 2.24) is 5.32 Å². The lowest BCUT2D eigenvalue weighted by Gasteiger charge is -2.29. The Hall–Kier alpha value is -2.08. The highest BCUT2D eigenvalue weighted by Gasteiger charge is 2.37. The molecule has 2 N–H and O–H groups in total. The third kappa shape index (κ3) is 3.39. The Labute approximate surface area is 129 Å². The molecule has 2 atom stereocenters. The Bertz CT molecular complexity index is 569. The molecule has 1 aliphatic heterocycles. The number of carboxylic acids is 1. The second-order valence-corrected chi connectivity index (χ2v) is 5.84. The zero-order chi connectivity index (χ0) is 16.3. The van der Waals surface area contributed by atoms with Gasteiger partial charge in [0.05, 0.1) is 12.6 Å². The molecular weight excluding hydrogens is 286 g/mol. The standard InChI is InChI=1S/C16H21NO5/c1-16(2,10-6-4-5-7-11(10)21-3)17-14(18)12-8-9-13(22-12)15(19)20/h4-7,12-13H,8-9H2,1-3H3,(H,17,18)(H,19,20)/t12-,13+/m0/s1. The topological polar surface area (TPSA) is 84.9 Å². The van der Waals surface area contributed by atoms with Crippen LogP contribution in [0.1, 0.15) is 32.3 Å². The molecule has 1 heterocycles. The Kier molecular flexibility index (Phi) is 4.71. The van der Waals surface area contributed by atoms with E-state index in [1.54, 1.807) is 7.11 Å². The van der Waals surface area contributed by atoms with E-state index in [2.05, 4.69) is 5.32 Å². The first-order valence-corrected chi connectivity index (χ1v) is 7.19. The van der Waals surface area contributed by atoms with Crippen LogP contribution < -0.4 is 10.1 Å². The van der Waals surface area contributed by atoms with E-state index in [-0.39, 0.29) is 5.91 Å². The number of rotatable bonds is 5. The number of methoxy groups -OCH3 is 1. The molecule has 0 radical (unpaired) electrons. The number of nitrogens with one attached hydrogen (secondary N) is 1. The van der Waals surface area contributed by atoms with Gasteiger partial charge in [0, 0.05) is 5.56 Å². The smallest absolute Gasteiger partial charge is 0.332 e. The molecule has 0 bridgehead atoms. The van der Waals surface area contributed by atoms with Crippen LogP contribution in [0.15, 0.2) is 24.3 Å². The van der Waals surface area contributed by atoms with Crippen LogP contribution in [0.5, 0.6) is 5.75 Å². The van der Waals surface area contributed by atoms with E-state index in [4.69, 9.17) is 14.6 Å². The van der Waals surface area contributed by atoms with Crippen molar-refractivity contribution >= 4 is 11.9 Å². The number of carboxylic acid groups (broad SMARTS) is 1. The molecule has 1 saturated heterocycles. The van der Waals surface area contributed by atoms with Crippen LogP contribution in [0.25, 0.3) is 0 Å². The minimum atomic E-state index is -1.03. The number of hydrogen-bond acceptors (Lipinski definition) is 4. The summed E-state index contributed by atoms with van der Waals surface area (Å²) in [6.07, 6.45) is -0.868. The lowest BCUT2D eigenvalue weighted by molar-refractivity contribution is -0.152. The van der Waals surface area contributed by atoms with E-state index in [1.807, 2.05) is 38.1 Å². The molecule has 0 unspecified atom stereocenters. The highest BCUT2D eigenvalue weighted by Crippen LogP contribution is 2.30. The number of carbonyl (C=O) groups is 2. The lowest BCUT2D eigenvalue weighted by Crippen LogP contribution is -2.46. The Morgan fingerprint density at radius 2 is 1.91 bits per heavy atom. The zero-order valence-electron chi connectivity index (χ0n) is 13.0. The Morgan fingerprint density at radius 1 is 1.27 bits per heavy atom. The summed E-state index contributed by atoms with van der Waals surface area (Å²) in [4.78, 5) is 23.2. The highest BCUT2D eigenvalue weighted by atomic mass is 16.5. The normalized spacial score (nSPS) is 21.4. The first kappa shape index (κ1) is 16.3. The third-order valence-electron chi connectivity index (χ3n) is 3.80. The van der Waals surface area contributed by atoms with Gasteiger partial charge in [-0.15, -0.1) is 0 Å². The molecule has 1 fully saturated rings. The van der Waals surface area contributed by atoms with Crippen molar-refractivity contribution in [3.05, 3.63) is 29.8 Å². The summed E-state index contributed by atoms with van der Waals surface area (Å²) in [5.41, 5.74) is 0.188. The van der Waals surface area contributed by atoms with Gasteiger partial charge in [-0.25, -0.2) is 4.79 Å². The molecule has 0 saturated carbocycles. The van der Waals surface area contributed by atoms with Crippen molar-refractivity contribution < 1.29 is 24.2 Å². The SMILES string of the molecule is COc1ccccc1C(C)(C)NC(=O)[C@@H]1CC[C@H](C(=O)O)O1. The molecule has 0 spiro atoms. The van der Waals surface area contributed by atoms with Crippen molar-refractivity contribution in [3.8, 4) is 5.75 Å². The molecular formula is C16H21NO5. The molecule has 120 valence electrons. The van der Waals surface area contributed by atoms with E-state index in [0.717, 1.165) is 5.56 Å². The molecule has 6 nitrogen and oxygen atoms in total. The van der Waals surface area contributed by atoms with Crippen molar-refractivity contribution in [2.45, 2.75) is 44.4 Å². The fraction of sp³-hybridized carbons (Fsp3) is 0.500. The summed E-state index contributed by atoms with van der Waals surface area (Å²) in [5, 5.41) is 11.8. The average molecular weight is 307 g/mol. The Morgan fingerprint density at radius 3 is 2.50 bits per heavy atom. The van der Waals surface area contributed by atoms with Crippen LogP contribution in [0, 0.1) is 0 Å². The maximum Gasteiger partial charge on any atom is 0.332 e.